The van der Waals surface area contributed by atoms with Gasteiger partial charge in [-0.1, -0.05) is 11.3 Å². The average molecular weight is 489 g/mol. The van der Waals surface area contributed by atoms with Gasteiger partial charge in [0.2, 0.25) is 5.95 Å². The summed E-state index contributed by atoms with van der Waals surface area (Å²) in [6.07, 6.45) is 6.02. The van der Waals surface area contributed by atoms with Crippen LogP contribution in [0.15, 0.2) is 30.5 Å². The quantitative estimate of drug-likeness (QED) is 0.446. The third-order valence-corrected chi connectivity index (χ3v) is 6.60. The van der Waals surface area contributed by atoms with Crippen LogP contribution in [0.3, 0.4) is 0 Å². The van der Waals surface area contributed by atoms with E-state index in [-0.39, 0.29) is 30.3 Å². The molecule has 1 fully saturated rings. The largest absolute Gasteiger partial charge is 0.490 e. The van der Waals surface area contributed by atoms with E-state index >= 15 is 0 Å². The van der Waals surface area contributed by atoms with Gasteiger partial charge in [-0.2, -0.15) is 9.67 Å². The maximum Gasteiger partial charge on any atom is 0.308 e. The Morgan fingerprint density at radius 2 is 2.00 bits per heavy atom. The zero-order valence-corrected chi connectivity index (χ0v) is 20.0. The van der Waals surface area contributed by atoms with Crippen LogP contribution in [0.25, 0.3) is 16.9 Å². The number of aromatic nitrogens is 5. The number of esters is 1. The molecule has 3 aromatic rings. The van der Waals surface area contributed by atoms with Crippen LogP contribution < -0.4 is 10.1 Å². The predicted octanol–water partition coefficient (Wildman–Crippen LogP) is 2.17. The van der Waals surface area contributed by atoms with Gasteiger partial charge in [0, 0.05) is 24.6 Å². The van der Waals surface area contributed by atoms with Crippen LogP contribution in [0.2, 0.25) is 0 Å². The van der Waals surface area contributed by atoms with E-state index in [0.717, 1.165) is 25.7 Å². The Labute approximate surface area is 197 Å². The van der Waals surface area contributed by atoms with E-state index in [1.165, 1.54) is 6.26 Å². The summed E-state index contributed by atoms with van der Waals surface area (Å²) in [5, 5.41) is 11.8. The molecule has 0 aliphatic heterocycles. The van der Waals surface area contributed by atoms with E-state index in [4.69, 9.17) is 9.47 Å². The van der Waals surface area contributed by atoms with Crippen molar-refractivity contribution in [3.8, 4) is 11.6 Å². The van der Waals surface area contributed by atoms with E-state index in [2.05, 4.69) is 25.6 Å². The molecule has 2 heterocycles. The van der Waals surface area contributed by atoms with Crippen molar-refractivity contribution in [1.29, 1.82) is 0 Å². The highest BCUT2D eigenvalue weighted by Crippen LogP contribution is 2.28. The summed E-state index contributed by atoms with van der Waals surface area (Å²) in [5.74, 6) is 1.23. The fourth-order valence-electron chi connectivity index (χ4n) is 3.96. The molecule has 0 atom stereocenters. The van der Waals surface area contributed by atoms with Gasteiger partial charge in [0.25, 0.3) is 0 Å². The number of ether oxygens (including phenoxy) is 2. The average Bonchev–Trinajstić information content (AvgIpc) is 3.24. The van der Waals surface area contributed by atoms with Crippen molar-refractivity contribution in [2.75, 3.05) is 30.5 Å². The molecule has 11 nitrogen and oxygen atoms in total. The lowest BCUT2D eigenvalue weighted by molar-refractivity contribution is -0.149. The summed E-state index contributed by atoms with van der Waals surface area (Å²) in [4.78, 5) is 20.9. The monoisotopic (exact) mass is 488 g/mol. The first-order valence-electron chi connectivity index (χ1n) is 11.3. The van der Waals surface area contributed by atoms with Crippen LogP contribution in [0.1, 0.15) is 32.6 Å². The van der Waals surface area contributed by atoms with Gasteiger partial charge in [0.05, 0.1) is 18.3 Å². The zero-order valence-electron chi connectivity index (χ0n) is 19.2. The molecule has 0 unspecified atom stereocenters. The second-order valence-electron chi connectivity index (χ2n) is 8.29. The smallest absolute Gasteiger partial charge is 0.308 e. The van der Waals surface area contributed by atoms with E-state index in [9.17, 15) is 13.2 Å². The number of hydrogen-bond acceptors (Lipinski definition) is 10. The van der Waals surface area contributed by atoms with E-state index in [1.54, 1.807) is 29.1 Å². The Bertz CT molecular complexity index is 1250. The van der Waals surface area contributed by atoms with E-state index in [1.807, 2.05) is 13.0 Å². The number of hydrogen-bond donors (Lipinski definition) is 1. The highest BCUT2D eigenvalue weighted by Gasteiger charge is 2.27. The van der Waals surface area contributed by atoms with Crippen LogP contribution in [0, 0.1) is 5.92 Å². The molecule has 1 saturated carbocycles. The first kappa shape index (κ1) is 23.9. The molecule has 0 bridgehead atoms. The van der Waals surface area contributed by atoms with E-state index in [0.29, 0.717) is 35.2 Å². The third kappa shape index (κ3) is 5.79. The van der Waals surface area contributed by atoms with Crippen molar-refractivity contribution in [3.63, 3.8) is 0 Å². The topological polar surface area (TPSA) is 138 Å². The van der Waals surface area contributed by atoms with Crippen LogP contribution in [0.5, 0.6) is 5.75 Å². The van der Waals surface area contributed by atoms with Crippen molar-refractivity contribution in [1.82, 2.24) is 25.0 Å². The normalized spacial score (nSPS) is 18.5. The zero-order chi connectivity index (χ0) is 24.1. The van der Waals surface area contributed by atoms with Crippen molar-refractivity contribution in [2.45, 2.75) is 38.6 Å². The van der Waals surface area contributed by atoms with Crippen LogP contribution in [0.4, 0.5) is 5.95 Å². The summed E-state index contributed by atoms with van der Waals surface area (Å²) < 4.78 is 35.1. The first-order valence-corrected chi connectivity index (χ1v) is 13.3. The predicted molar refractivity (Wildman–Crippen MR) is 126 cm³/mol. The van der Waals surface area contributed by atoms with Crippen LogP contribution in [-0.4, -0.2) is 70.6 Å². The second kappa shape index (κ2) is 10.3. The van der Waals surface area contributed by atoms with Crippen molar-refractivity contribution >= 4 is 32.8 Å². The minimum Gasteiger partial charge on any atom is -0.490 e. The second-order valence-corrected chi connectivity index (χ2v) is 10.5. The number of nitrogens with one attached hydrogen (secondary N) is 1. The molecule has 0 radical (unpaired) electrons. The van der Waals surface area contributed by atoms with Gasteiger partial charge < -0.3 is 14.8 Å². The van der Waals surface area contributed by atoms with Crippen molar-refractivity contribution < 1.29 is 22.7 Å². The number of sulfone groups is 1. The number of carbonyl (C=O) groups is 1. The lowest BCUT2D eigenvalue weighted by atomic mass is 9.86. The first-order chi connectivity index (χ1) is 16.3. The highest BCUT2D eigenvalue weighted by molar-refractivity contribution is 7.90. The summed E-state index contributed by atoms with van der Waals surface area (Å²) in [6.45, 7) is 2.26. The summed E-state index contributed by atoms with van der Waals surface area (Å²) in [5.41, 5.74) is 1.19. The van der Waals surface area contributed by atoms with Gasteiger partial charge in [-0.15, -0.1) is 5.10 Å². The molecule has 34 heavy (non-hydrogen) atoms. The molecule has 2 aromatic heterocycles. The van der Waals surface area contributed by atoms with Crippen molar-refractivity contribution in [2.24, 2.45) is 5.92 Å². The number of nitrogens with zero attached hydrogens (tertiary/aromatic N) is 5. The third-order valence-electron chi connectivity index (χ3n) is 5.69. The minimum atomic E-state index is -3.13. The van der Waals surface area contributed by atoms with Crippen molar-refractivity contribution in [3.05, 3.63) is 30.5 Å². The lowest BCUT2D eigenvalue weighted by Crippen LogP contribution is -2.30. The Morgan fingerprint density at radius 3 is 2.74 bits per heavy atom. The van der Waals surface area contributed by atoms with Gasteiger partial charge in [-0.05, 0) is 44.7 Å². The Hall–Kier alpha value is -3.28. The molecule has 4 rings (SSSR count). The number of fused-ring (bicyclic) bond motifs is 1. The van der Waals surface area contributed by atoms with Gasteiger partial charge in [-0.3, -0.25) is 4.79 Å². The summed E-state index contributed by atoms with van der Waals surface area (Å²) in [6, 6.07) is 7.26. The molecule has 0 amide bonds. The Balaban J connectivity index is 1.45. The number of rotatable bonds is 9. The SMILES string of the molecule is CCOC(=O)C1CCC(Nc2nccc(-n3nnc4c(OCCS(C)(=O)=O)cccc43)n2)CC1. The van der Waals surface area contributed by atoms with Gasteiger partial charge in [0.15, 0.2) is 21.2 Å². The van der Waals surface area contributed by atoms with Gasteiger partial charge in [0.1, 0.15) is 17.9 Å². The minimum absolute atomic E-state index is 0.0325. The molecule has 1 aliphatic carbocycles. The molecule has 0 saturated heterocycles. The number of anilines is 1. The van der Waals surface area contributed by atoms with E-state index < -0.39 is 9.84 Å². The Kier molecular flexibility index (Phi) is 7.25. The standard InChI is InChI=1S/C22H28N6O5S/c1-3-32-21(29)15-7-9-16(10-8-15)24-22-23-12-11-19(25-22)28-17-5-4-6-18(20(17)26-27-28)33-13-14-34(2,30)31/h4-6,11-12,15-16H,3,7-10,13-14H2,1-2H3,(H,23,24,25). The molecule has 12 heteroatoms. The molecule has 1 aliphatic rings. The molecule has 1 N–H and O–H groups in total. The molecule has 182 valence electrons. The van der Waals surface area contributed by atoms with Crippen LogP contribution in [-0.2, 0) is 19.4 Å². The molecular weight excluding hydrogens is 460 g/mol. The lowest BCUT2D eigenvalue weighted by Gasteiger charge is -2.27. The van der Waals surface area contributed by atoms with Crippen LogP contribution >= 0.6 is 0 Å². The fourth-order valence-corrected chi connectivity index (χ4v) is 4.35. The maximum atomic E-state index is 12.0. The number of carbonyl (C=O) groups excluding carboxylic acids is 1. The van der Waals surface area contributed by atoms with Gasteiger partial charge in [-0.25, -0.2) is 13.4 Å². The van der Waals surface area contributed by atoms with Gasteiger partial charge >= 0.3 is 5.97 Å². The molecule has 1 aromatic carbocycles. The Morgan fingerprint density at radius 1 is 1.21 bits per heavy atom. The fraction of sp³-hybridized carbons (Fsp3) is 0.500. The molecular formula is C22H28N6O5S. The maximum absolute atomic E-state index is 12.0. The molecule has 0 spiro atoms. The number of benzene rings is 1. The summed E-state index contributed by atoms with van der Waals surface area (Å²) in [7, 11) is -3.13. The summed E-state index contributed by atoms with van der Waals surface area (Å²) >= 11 is 0. The highest BCUT2D eigenvalue weighted by atomic mass is 32.2.